The minimum absolute atomic E-state index is 0.641. The maximum absolute atomic E-state index is 5.81. The molecular formula is C17H19NO2. The Morgan fingerprint density at radius 3 is 2.30 bits per heavy atom. The standard InChI is InChI=1S/C15H13NO2.C2H6/c1-10-4-3-5-13-14(10)18-15(16-13)11-6-8-12(17-2)9-7-11;1-2/h3-9H,1-2H3;1-2H3. The van der Waals surface area contributed by atoms with Crippen LogP contribution in [0.25, 0.3) is 22.6 Å². The van der Waals surface area contributed by atoms with E-state index in [1.165, 1.54) is 0 Å². The highest BCUT2D eigenvalue weighted by molar-refractivity contribution is 5.79. The normalized spacial score (nSPS) is 10.0. The molecule has 20 heavy (non-hydrogen) atoms. The maximum atomic E-state index is 5.81. The van der Waals surface area contributed by atoms with Crippen molar-refractivity contribution >= 4 is 11.1 Å². The fourth-order valence-corrected chi connectivity index (χ4v) is 1.94. The molecule has 0 aliphatic heterocycles. The van der Waals surface area contributed by atoms with E-state index in [1.807, 2.05) is 63.2 Å². The van der Waals surface area contributed by atoms with Crippen molar-refractivity contribution in [2.75, 3.05) is 7.11 Å². The summed E-state index contributed by atoms with van der Waals surface area (Å²) in [5.74, 6) is 1.47. The van der Waals surface area contributed by atoms with Crippen LogP contribution in [0.1, 0.15) is 19.4 Å². The lowest BCUT2D eigenvalue weighted by molar-refractivity contribution is 0.415. The first-order valence-electron chi connectivity index (χ1n) is 6.78. The van der Waals surface area contributed by atoms with Gasteiger partial charge in [0.25, 0.3) is 0 Å². The Kier molecular flexibility index (Phi) is 4.41. The van der Waals surface area contributed by atoms with Crippen LogP contribution in [0.15, 0.2) is 46.9 Å². The highest BCUT2D eigenvalue weighted by atomic mass is 16.5. The molecule has 0 radical (unpaired) electrons. The monoisotopic (exact) mass is 269 g/mol. The molecule has 0 bridgehead atoms. The van der Waals surface area contributed by atoms with Crippen LogP contribution in [0.3, 0.4) is 0 Å². The number of oxazole rings is 1. The molecular weight excluding hydrogens is 250 g/mol. The summed E-state index contributed by atoms with van der Waals surface area (Å²) < 4.78 is 10.9. The van der Waals surface area contributed by atoms with Gasteiger partial charge in [0, 0.05) is 5.56 Å². The van der Waals surface area contributed by atoms with E-state index < -0.39 is 0 Å². The minimum Gasteiger partial charge on any atom is -0.497 e. The van der Waals surface area contributed by atoms with E-state index in [0.29, 0.717) is 5.89 Å². The van der Waals surface area contributed by atoms with E-state index in [9.17, 15) is 0 Å². The van der Waals surface area contributed by atoms with E-state index in [1.54, 1.807) is 7.11 Å². The summed E-state index contributed by atoms with van der Waals surface area (Å²) in [5.41, 5.74) is 3.79. The fraction of sp³-hybridized carbons (Fsp3) is 0.235. The van der Waals surface area contributed by atoms with E-state index >= 15 is 0 Å². The second-order valence-electron chi connectivity index (χ2n) is 4.17. The van der Waals surface area contributed by atoms with Gasteiger partial charge in [-0.05, 0) is 42.8 Å². The molecule has 3 rings (SSSR count). The Bertz CT molecular complexity index is 684. The average Bonchev–Trinajstić information content (AvgIpc) is 2.95. The molecule has 3 heteroatoms. The highest BCUT2D eigenvalue weighted by Crippen LogP contribution is 2.27. The zero-order valence-corrected chi connectivity index (χ0v) is 12.3. The number of aromatic nitrogens is 1. The first-order valence-corrected chi connectivity index (χ1v) is 6.78. The molecule has 0 fully saturated rings. The van der Waals surface area contributed by atoms with Crippen LogP contribution in [0.5, 0.6) is 5.75 Å². The van der Waals surface area contributed by atoms with Crippen LogP contribution in [-0.2, 0) is 0 Å². The molecule has 3 nitrogen and oxygen atoms in total. The number of para-hydroxylation sites is 1. The molecule has 0 N–H and O–H groups in total. The largest absolute Gasteiger partial charge is 0.497 e. The Morgan fingerprint density at radius 1 is 1.00 bits per heavy atom. The number of methoxy groups -OCH3 is 1. The molecule has 0 saturated heterocycles. The van der Waals surface area contributed by atoms with Crippen molar-refractivity contribution in [3.63, 3.8) is 0 Å². The van der Waals surface area contributed by atoms with Crippen LogP contribution in [0.2, 0.25) is 0 Å². The average molecular weight is 269 g/mol. The molecule has 0 spiro atoms. The molecule has 3 aromatic rings. The third kappa shape index (κ3) is 2.67. The number of fused-ring (bicyclic) bond motifs is 1. The van der Waals surface area contributed by atoms with Crippen molar-refractivity contribution in [2.24, 2.45) is 0 Å². The van der Waals surface area contributed by atoms with Gasteiger partial charge in [-0.25, -0.2) is 4.98 Å². The van der Waals surface area contributed by atoms with Gasteiger partial charge in [-0.1, -0.05) is 26.0 Å². The molecule has 0 unspecified atom stereocenters. The van der Waals surface area contributed by atoms with Crippen LogP contribution in [0, 0.1) is 6.92 Å². The van der Waals surface area contributed by atoms with Crippen LogP contribution >= 0.6 is 0 Å². The van der Waals surface area contributed by atoms with Gasteiger partial charge in [0.05, 0.1) is 7.11 Å². The van der Waals surface area contributed by atoms with E-state index in [-0.39, 0.29) is 0 Å². The number of benzene rings is 2. The second-order valence-corrected chi connectivity index (χ2v) is 4.17. The second kappa shape index (κ2) is 6.24. The van der Waals surface area contributed by atoms with Crippen molar-refractivity contribution in [2.45, 2.75) is 20.8 Å². The number of ether oxygens (including phenoxy) is 1. The van der Waals surface area contributed by atoms with Crippen molar-refractivity contribution < 1.29 is 9.15 Å². The van der Waals surface area contributed by atoms with Gasteiger partial charge < -0.3 is 9.15 Å². The maximum Gasteiger partial charge on any atom is 0.227 e. The quantitative estimate of drug-likeness (QED) is 0.668. The van der Waals surface area contributed by atoms with Crippen LogP contribution in [0.4, 0.5) is 0 Å². The Balaban J connectivity index is 0.000000704. The third-order valence-corrected chi connectivity index (χ3v) is 2.95. The van der Waals surface area contributed by atoms with Gasteiger partial charge in [-0.15, -0.1) is 0 Å². The summed E-state index contributed by atoms with van der Waals surface area (Å²) in [6.07, 6.45) is 0. The highest BCUT2D eigenvalue weighted by Gasteiger charge is 2.09. The van der Waals surface area contributed by atoms with Crippen molar-refractivity contribution in [3.8, 4) is 17.2 Å². The van der Waals surface area contributed by atoms with Crippen molar-refractivity contribution in [1.29, 1.82) is 0 Å². The van der Waals surface area contributed by atoms with Crippen molar-refractivity contribution in [3.05, 3.63) is 48.0 Å². The predicted molar refractivity (Wildman–Crippen MR) is 82.1 cm³/mol. The Hall–Kier alpha value is -2.29. The lowest BCUT2D eigenvalue weighted by Crippen LogP contribution is -1.82. The topological polar surface area (TPSA) is 35.3 Å². The Labute approximate surface area is 119 Å². The molecule has 0 amide bonds. The molecule has 0 atom stereocenters. The zero-order valence-electron chi connectivity index (χ0n) is 12.3. The number of nitrogens with zero attached hydrogens (tertiary/aromatic N) is 1. The number of hydrogen-bond donors (Lipinski definition) is 0. The number of aryl methyl sites for hydroxylation is 1. The molecule has 0 aliphatic carbocycles. The van der Waals surface area contributed by atoms with Crippen LogP contribution < -0.4 is 4.74 Å². The molecule has 0 saturated carbocycles. The van der Waals surface area contributed by atoms with Gasteiger partial charge in [0.15, 0.2) is 5.58 Å². The van der Waals surface area contributed by atoms with E-state index in [4.69, 9.17) is 9.15 Å². The first kappa shape index (κ1) is 14.1. The summed E-state index contributed by atoms with van der Waals surface area (Å²) in [4.78, 5) is 4.49. The summed E-state index contributed by atoms with van der Waals surface area (Å²) in [6, 6.07) is 13.6. The van der Waals surface area contributed by atoms with Gasteiger partial charge in [-0.2, -0.15) is 0 Å². The van der Waals surface area contributed by atoms with E-state index in [0.717, 1.165) is 28.0 Å². The molecule has 0 aliphatic rings. The Morgan fingerprint density at radius 2 is 1.70 bits per heavy atom. The lowest BCUT2D eigenvalue weighted by Gasteiger charge is -1.99. The molecule has 1 aromatic heterocycles. The van der Waals surface area contributed by atoms with Crippen LogP contribution in [-0.4, -0.2) is 12.1 Å². The molecule has 104 valence electrons. The fourth-order valence-electron chi connectivity index (χ4n) is 1.94. The van der Waals surface area contributed by atoms with Crippen molar-refractivity contribution in [1.82, 2.24) is 4.98 Å². The van der Waals surface area contributed by atoms with Gasteiger partial charge in [0.1, 0.15) is 11.3 Å². The molecule has 1 heterocycles. The summed E-state index contributed by atoms with van der Waals surface area (Å²) in [6.45, 7) is 6.02. The van der Waals surface area contributed by atoms with Gasteiger partial charge in [0.2, 0.25) is 5.89 Å². The third-order valence-electron chi connectivity index (χ3n) is 2.95. The predicted octanol–water partition coefficient (Wildman–Crippen LogP) is 4.84. The number of hydrogen-bond acceptors (Lipinski definition) is 3. The van der Waals surface area contributed by atoms with E-state index in [2.05, 4.69) is 4.98 Å². The summed E-state index contributed by atoms with van der Waals surface area (Å²) in [7, 11) is 1.65. The molecule has 2 aromatic carbocycles. The van der Waals surface area contributed by atoms with Gasteiger partial charge in [-0.3, -0.25) is 0 Å². The van der Waals surface area contributed by atoms with Gasteiger partial charge >= 0.3 is 0 Å². The number of rotatable bonds is 2. The lowest BCUT2D eigenvalue weighted by atomic mass is 10.2. The summed E-state index contributed by atoms with van der Waals surface area (Å²) in [5, 5.41) is 0. The SMILES string of the molecule is CC.COc1ccc(-c2nc3cccc(C)c3o2)cc1. The zero-order chi connectivity index (χ0) is 14.5. The summed E-state index contributed by atoms with van der Waals surface area (Å²) >= 11 is 0. The first-order chi connectivity index (χ1) is 9.78. The smallest absolute Gasteiger partial charge is 0.227 e. The minimum atomic E-state index is 0.641.